The molecule has 158 valence electrons. The Balaban J connectivity index is 1.23. The third kappa shape index (κ3) is 2.34. The second kappa shape index (κ2) is 6.16. The van der Waals surface area contributed by atoms with Gasteiger partial charge >= 0.3 is 0 Å². The fourth-order valence-corrected chi connectivity index (χ4v) is 8.08. The third-order valence-electron chi connectivity index (χ3n) is 8.77. The van der Waals surface area contributed by atoms with Crippen LogP contribution in [-0.4, -0.2) is 7.76 Å². The van der Waals surface area contributed by atoms with E-state index in [1.807, 2.05) is 12.1 Å². The van der Waals surface area contributed by atoms with E-state index in [0.717, 1.165) is 28.5 Å². The number of fused-ring (bicyclic) bond motifs is 5. The van der Waals surface area contributed by atoms with E-state index in [0.29, 0.717) is 11.3 Å². The number of hydrogen-bond acceptors (Lipinski definition) is 2. The number of imidazole rings is 1. The molecule has 3 aromatic carbocycles. The van der Waals surface area contributed by atoms with Gasteiger partial charge in [-0.15, -0.1) is 0 Å². The largest absolute Gasteiger partial charge is 0.456 e. The third-order valence-corrected chi connectivity index (χ3v) is 9.78. The van der Waals surface area contributed by atoms with E-state index in [4.69, 9.17) is 9.40 Å². The van der Waals surface area contributed by atoms with Crippen LogP contribution in [0.4, 0.5) is 0 Å². The van der Waals surface area contributed by atoms with E-state index < -0.39 is 0 Å². The van der Waals surface area contributed by atoms with Gasteiger partial charge < -0.3 is 4.42 Å². The highest BCUT2D eigenvalue weighted by Crippen LogP contribution is 2.75. The molecule has 1 spiro atoms. The van der Waals surface area contributed by atoms with E-state index in [2.05, 4.69) is 74.2 Å². The van der Waals surface area contributed by atoms with Crippen LogP contribution in [0.3, 0.4) is 0 Å². The zero-order valence-electron chi connectivity index (χ0n) is 17.7. The Morgan fingerprint density at radius 3 is 2.72 bits per heavy atom. The van der Waals surface area contributed by atoms with E-state index in [9.17, 15) is 0 Å². The molecule has 4 heteroatoms. The lowest BCUT2D eigenvalue weighted by atomic mass is 9.74. The molecule has 2 unspecified atom stereocenters. The number of benzene rings is 3. The van der Waals surface area contributed by atoms with Crippen molar-refractivity contribution in [3.8, 4) is 11.1 Å². The first-order chi connectivity index (χ1) is 15.7. The smallest absolute Gasteiger partial charge is 0.136 e. The van der Waals surface area contributed by atoms with Crippen LogP contribution in [0.15, 0.2) is 65.1 Å². The predicted octanol–water partition coefficient (Wildman–Crippen LogP) is 8.09. The summed E-state index contributed by atoms with van der Waals surface area (Å²) in [6.45, 7) is 0. The highest BCUT2D eigenvalue weighted by Gasteiger charge is 2.66. The Hall–Kier alpha value is -2.34. The summed E-state index contributed by atoms with van der Waals surface area (Å²) in [6.07, 6.45) is 7.09. The lowest BCUT2D eigenvalue weighted by Gasteiger charge is -2.31. The molecular weight excluding hydrogens is 507 g/mol. The average molecular weight is 530 g/mol. The number of para-hydroxylation sites is 1. The van der Waals surface area contributed by atoms with Gasteiger partial charge in [0.25, 0.3) is 0 Å². The summed E-state index contributed by atoms with van der Waals surface area (Å²) in [7, 11) is 0. The van der Waals surface area contributed by atoms with Crippen LogP contribution in [0.25, 0.3) is 44.1 Å². The van der Waals surface area contributed by atoms with Gasteiger partial charge in [-0.3, -0.25) is 2.78 Å². The minimum atomic E-state index is 0.586. The topological polar surface area (TPSA) is 31.0 Å². The van der Waals surface area contributed by atoms with Crippen LogP contribution in [-0.2, 0) is 0 Å². The molecule has 0 saturated heterocycles. The number of hydrogen-bond donors (Lipinski definition) is 0. The summed E-state index contributed by atoms with van der Waals surface area (Å²) in [4.78, 5) is 5.24. The molecule has 2 aromatic heterocycles. The maximum atomic E-state index is 6.13. The molecule has 3 aliphatic carbocycles. The predicted molar refractivity (Wildman–Crippen MR) is 137 cm³/mol. The van der Waals surface area contributed by atoms with E-state index in [1.54, 1.807) is 0 Å². The fraction of sp³-hybridized carbons (Fsp3) is 0.321. The minimum Gasteiger partial charge on any atom is -0.456 e. The molecule has 4 atom stereocenters. The summed E-state index contributed by atoms with van der Waals surface area (Å²) >= 11 is 2.49. The van der Waals surface area contributed by atoms with Gasteiger partial charge in [0.1, 0.15) is 17.0 Å². The van der Waals surface area contributed by atoms with Crippen LogP contribution in [0, 0.1) is 17.3 Å². The lowest BCUT2D eigenvalue weighted by molar-refractivity contribution is 0.250. The van der Waals surface area contributed by atoms with Gasteiger partial charge in [-0.25, -0.2) is 4.98 Å². The van der Waals surface area contributed by atoms with Crippen molar-refractivity contribution in [3.63, 3.8) is 0 Å². The highest BCUT2D eigenvalue weighted by molar-refractivity contribution is 14.1. The molecule has 0 amide bonds. The van der Waals surface area contributed by atoms with Gasteiger partial charge in [0, 0.05) is 16.7 Å². The van der Waals surface area contributed by atoms with E-state index >= 15 is 0 Å². The molecule has 0 N–H and O–H groups in total. The van der Waals surface area contributed by atoms with Crippen molar-refractivity contribution < 1.29 is 4.42 Å². The summed E-state index contributed by atoms with van der Waals surface area (Å²) in [6, 6.07) is 21.6. The summed E-state index contributed by atoms with van der Waals surface area (Å²) in [5.74, 6) is 3.93. The first-order valence-electron chi connectivity index (χ1n) is 11.8. The van der Waals surface area contributed by atoms with Gasteiger partial charge in [-0.2, -0.15) is 0 Å². The quantitative estimate of drug-likeness (QED) is 0.216. The van der Waals surface area contributed by atoms with Crippen molar-refractivity contribution in [1.82, 2.24) is 7.76 Å². The lowest BCUT2D eigenvalue weighted by Crippen LogP contribution is -2.22. The Kier molecular flexibility index (Phi) is 3.49. The van der Waals surface area contributed by atoms with Crippen LogP contribution in [0.2, 0.25) is 0 Å². The normalized spacial score (nSPS) is 28.6. The summed E-state index contributed by atoms with van der Waals surface area (Å²) < 4.78 is 8.48. The van der Waals surface area contributed by atoms with Crippen molar-refractivity contribution in [3.05, 3.63) is 66.5 Å². The van der Waals surface area contributed by atoms with E-state index in [-0.39, 0.29) is 0 Å². The number of aromatic nitrogens is 2. The Labute approximate surface area is 200 Å². The van der Waals surface area contributed by atoms with Crippen molar-refractivity contribution >= 4 is 55.8 Å². The van der Waals surface area contributed by atoms with Gasteiger partial charge in [-0.05, 0) is 90.8 Å². The van der Waals surface area contributed by atoms with Gasteiger partial charge in [0.15, 0.2) is 0 Å². The number of furan rings is 1. The maximum Gasteiger partial charge on any atom is 0.136 e. The monoisotopic (exact) mass is 530 g/mol. The molecule has 32 heavy (non-hydrogen) atoms. The van der Waals surface area contributed by atoms with Gasteiger partial charge in [-0.1, -0.05) is 30.3 Å². The Bertz CT molecular complexity index is 1560. The number of nitrogens with zero attached hydrogens (tertiary/aromatic N) is 2. The first kappa shape index (κ1) is 18.1. The maximum absolute atomic E-state index is 6.13. The van der Waals surface area contributed by atoms with E-state index in [1.165, 1.54) is 65.3 Å². The van der Waals surface area contributed by atoms with Crippen molar-refractivity contribution in [1.29, 1.82) is 0 Å². The fourth-order valence-electron chi connectivity index (χ4n) is 7.23. The van der Waals surface area contributed by atoms with Crippen molar-refractivity contribution in [2.45, 2.75) is 38.0 Å². The molecule has 3 nitrogen and oxygen atoms in total. The minimum absolute atomic E-state index is 0.586. The summed E-state index contributed by atoms with van der Waals surface area (Å²) in [5, 5.41) is 2.35. The first-order valence-corrected chi connectivity index (χ1v) is 12.8. The summed E-state index contributed by atoms with van der Waals surface area (Å²) in [5.41, 5.74) is 7.22. The SMILES string of the molecule is In1c(C2CCC3C[C@@H]4C[C@]24C3)nc2cc(-c3ccc4c(c3)oc3ccccc34)ccc21. The van der Waals surface area contributed by atoms with Crippen LogP contribution in [0.1, 0.15) is 43.8 Å². The van der Waals surface area contributed by atoms with Crippen LogP contribution < -0.4 is 0 Å². The molecule has 2 heterocycles. The Morgan fingerprint density at radius 2 is 1.75 bits per heavy atom. The zero-order chi connectivity index (χ0) is 21.0. The molecule has 0 radical (unpaired) electrons. The van der Waals surface area contributed by atoms with Crippen molar-refractivity contribution in [2.24, 2.45) is 17.3 Å². The van der Waals surface area contributed by atoms with Crippen LogP contribution in [0.5, 0.6) is 0 Å². The molecule has 3 aliphatic rings. The molecule has 3 fully saturated rings. The molecule has 3 saturated carbocycles. The Morgan fingerprint density at radius 1 is 0.906 bits per heavy atom. The molecule has 8 rings (SSSR count). The van der Waals surface area contributed by atoms with Gasteiger partial charge in [0.05, 0.1) is 33.9 Å². The number of rotatable bonds is 2. The standard InChI is InChI=1S/C28H23IN2O/c29-31-24-10-7-17(18-6-8-21-20-3-1-2-4-25(20)32-26(21)13-18)12-23(24)30-27(31)22-9-5-16-11-19-15-28(19,22)14-16/h1-4,6-8,10,12-13,16,19,22H,5,9,11,14-15H2/t16?,19-,22?,28+/m1/s1. The molecular formula is C28H23IN2O. The van der Waals surface area contributed by atoms with Crippen LogP contribution >= 0.6 is 22.9 Å². The zero-order valence-corrected chi connectivity index (χ0v) is 19.9. The van der Waals surface area contributed by atoms with Crippen molar-refractivity contribution in [2.75, 3.05) is 0 Å². The number of halogens is 1. The highest BCUT2D eigenvalue weighted by atomic mass is 127. The second-order valence-corrected chi connectivity index (χ2v) is 11.3. The molecule has 2 bridgehead atoms. The second-order valence-electron chi connectivity index (χ2n) is 10.3. The average Bonchev–Trinajstić information content (AvgIpc) is 3.09. The van der Waals surface area contributed by atoms with Gasteiger partial charge in [0.2, 0.25) is 0 Å². The molecule has 5 aromatic rings. The molecule has 0 aliphatic heterocycles.